The van der Waals surface area contributed by atoms with Crippen LogP contribution in [-0.2, 0) is 29.7 Å². The minimum atomic E-state index is -0.682. The second kappa shape index (κ2) is 9.16. The van der Waals surface area contributed by atoms with E-state index in [1.54, 1.807) is 21.7 Å². The fourth-order valence-electron chi connectivity index (χ4n) is 4.34. The molecule has 7 nitrogen and oxygen atoms in total. The van der Waals surface area contributed by atoms with Crippen LogP contribution < -0.4 is 5.73 Å². The molecule has 0 atom stereocenters. The van der Waals surface area contributed by atoms with Crippen LogP contribution in [0.2, 0.25) is 5.02 Å². The molecule has 2 amide bonds. The van der Waals surface area contributed by atoms with E-state index in [0.717, 1.165) is 11.1 Å². The number of carbonyl (C=O) groups is 2. The summed E-state index contributed by atoms with van der Waals surface area (Å²) < 4.78 is 15.3. The van der Waals surface area contributed by atoms with Crippen LogP contribution in [0.1, 0.15) is 53.5 Å². The number of nitrogens with zero attached hydrogens (tertiary/aromatic N) is 4. The molecule has 9 heteroatoms. The number of rotatable bonds is 4. The average molecular weight is 494 g/mol. The van der Waals surface area contributed by atoms with Gasteiger partial charge in [0.2, 0.25) is 5.91 Å². The molecule has 0 aliphatic carbocycles. The number of carbonyl (C=O) groups excluding carboxylic acids is 2. The summed E-state index contributed by atoms with van der Waals surface area (Å²) in [6.07, 6.45) is 0.162. The maximum absolute atomic E-state index is 13.6. The Labute approximate surface area is 207 Å². The molecule has 2 aromatic carbocycles. The van der Waals surface area contributed by atoms with E-state index in [4.69, 9.17) is 17.3 Å². The lowest BCUT2D eigenvalue weighted by molar-refractivity contribution is -0.132. The van der Waals surface area contributed by atoms with Crippen LogP contribution >= 0.6 is 11.6 Å². The molecule has 0 saturated carbocycles. The van der Waals surface area contributed by atoms with Crippen LogP contribution in [0.3, 0.4) is 0 Å². The van der Waals surface area contributed by atoms with Crippen molar-refractivity contribution in [2.75, 3.05) is 6.54 Å². The zero-order chi connectivity index (χ0) is 25.5. The van der Waals surface area contributed by atoms with Crippen molar-refractivity contribution in [2.24, 2.45) is 5.73 Å². The molecule has 2 N–H and O–H groups in total. The van der Waals surface area contributed by atoms with E-state index in [1.165, 1.54) is 18.2 Å². The zero-order valence-electron chi connectivity index (χ0n) is 19.7. The maximum Gasteiger partial charge on any atom is 0.252 e. The molecule has 0 bridgehead atoms. The number of halogens is 2. The van der Waals surface area contributed by atoms with Gasteiger partial charge in [-0.05, 0) is 40.8 Å². The quantitative estimate of drug-likeness (QED) is 0.588. The number of fused-ring (bicyclic) bond motifs is 1. The first-order valence-electron chi connectivity index (χ1n) is 11.2. The Hall–Kier alpha value is -3.70. The number of amides is 2. The van der Waals surface area contributed by atoms with E-state index < -0.39 is 11.7 Å². The molecule has 4 rings (SSSR count). The normalized spacial score (nSPS) is 13.3. The molecule has 1 aliphatic rings. The van der Waals surface area contributed by atoms with Crippen molar-refractivity contribution in [1.29, 1.82) is 5.26 Å². The Kier molecular flexibility index (Phi) is 6.39. The predicted molar refractivity (Wildman–Crippen MR) is 130 cm³/mol. The fourth-order valence-corrected chi connectivity index (χ4v) is 4.52. The minimum absolute atomic E-state index is 0.0854. The van der Waals surface area contributed by atoms with Crippen molar-refractivity contribution < 1.29 is 14.0 Å². The van der Waals surface area contributed by atoms with Gasteiger partial charge in [-0.15, -0.1) is 0 Å². The van der Waals surface area contributed by atoms with Gasteiger partial charge < -0.3 is 10.6 Å². The van der Waals surface area contributed by atoms with E-state index in [0.29, 0.717) is 35.6 Å². The van der Waals surface area contributed by atoms with Gasteiger partial charge in [0.1, 0.15) is 11.5 Å². The number of primary amides is 1. The van der Waals surface area contributed by atoms with Crippen LogP contribution in [-0.4, -0.2) is 33.0 Å². The maximum atomic E-state index is 13.6. The monoisotopic (exact) mass is 493 g/mol. The van der Waals surface area contributed by atoms with Crippen molar-refractivity contribution in [3.8, 4) is 17.3 Å². The van der Waals surface area contributed by atoms with Gasteiger partial charge in [0, 0.05) is 12.1 Å². The molecular formula is C26H25ClFN5O2. The number of nitriles is 1. The smallest absolute Gasteiger partial charge is 0.252 e. The first-order chi connectivity index (χ1) is 16.5. The van der Waals surface area contributed by atoms with Gasteiger partial charge in [-0.2, -0.15) is 10.4 Å². The topological polar surface area (TPSA) is 105 Å². The van der Waals surface area contributed by atoms with E-state index in [9.17, 15) is 19.2 Å². The average Bonchev–Trinajstić information content (AvgIpc) is 3.19. The van der Waals surface area contributed by atoms with E-state index >= 15 is 0 Å². The predicted octanol–water partition coefficient (Wildman–Crippen LogP) is 4.20. The third-order valence-corrected chi connectivity index (χ3v) is 6.43. The molecule has 0 radical (unpaired) electrons. The Morgan fingerprint density at radius 1 is 1.20 bits per heavy atom. The van der Waals surface area contributed by atoms with E-state index in [-0.39, 0.29) is 34.9 Å². The van der Waals surface area contributed by atoms with Crippen molar-refractivity contribution >= 4 is 23.4 Å². The summed E-state index contributed by atoms with van der Waals surface area (Å²) in [7, 11) is 0. The molecule has 1 aliphatic heterocycles. The molecule has 0 unspecified atom stereocenters. The van der Waals surface area contributed by atoms with Gasteiger partial charge in [-0.3, -0.25) is 14.3 Å². The van der Waals surface area contributed by atoms with Crippen LogP contribution in [0.25, 0.3) is 11.3 Å². The Morgan fingerprint density at radius 3 is 2.57 bits per heavy atom. The molecule has 180 valence electrons. The standard InChI is InChI=1S/C26H25ClFN5O2/c1-26(2,3)18-10-15(4-5-17(18)13-29)11-22(34)32-8-9-33-21(14-32)23(25(30)35)24(31-33)16-6-7-20(28)19(27)12-16/h4-7,10,12H,8-9,11,14H2,1-3H3,(H2,30,35). The Bertz CT molecular complexity index is 1380. The summed E-state index contributed by atoms with van der Waals surface area (Å²) in [6.45, 7) is 7.05. The summed E-state index contributed by atoms with van der Waals surface area (Å²) in [4.78, 5) is 27.2. The first-order valence-corrected chi connectivity index (χ1v) is 11.5. The lowest BCUT2D eigenvalue weighted by Crippen LogP contribution is -2.40. The van der Waals surface area contributed by atoms with Gasteiger partial charge in [0.15, 0.2) is 0 Å². The SMILES string of the molecule is CC(C)(C)c1cc(CC(=O)N2CCn3nc(-c4ccc(F)c(Cl)c4)c(C(N)=O)c3C2)ccc1C#N. The number of benzene rings is 2. The van der Waals surface area contributed by atoms with Crippen molar-refractivity contribution in [3.63, 3.8) is 0 Å². The van der Waals surface area contributed by atoms with Crippen LogP contribution in [0, 0.1) is 17.1 Å². The second-order valence-electron chi connectivity index (χ2n) is 9.62. The third-order valence-electron chi connectivity index (χ3n) is 6.14. The first kappa shape index (κ1) is 24.4. The van der Waals surface area contributed by atoms with Crippen molar-refractivity contribution in [2.45, 2.75) is 45.7 Å². The van der Waals surface area contributed by atoms with Crippen LogP contribution in [0.4, 0.5) is 4.39 Å². The number of hydrogen-bond donors (Lipinski definition) is 1. The van der Waals surface area contributed by atoms with Crippen LogP contribution in [0.5, 0.6) is 0 Å². The molecule has 3 aromatic rings. The van der Waals surface area contributed by atoms with E-state index in [2.05, 4.69) is 11.2 Å². The van der Waals surface area contributed by atoms with Crippen LogP contribution in [0.15, 0.2) is 36.4 Å². The summed E-state index contributed by atoms with van der Waals surface area (Å²) in [5.41, 5.74) is 9.25. The number of nitrogens with two attached hydrogens (primary N) is 1. The Morgan fingerprint density at radius 2 is 1.94 bits per heavy atom. The highest BCUT2D eigenvalue weighted by Gasteiger charge is 2.30. The third kappa shape index (κ3) is 4.77. The largest absolute Gasteiger partial charge is 0.365 e. The van der Waals surface area contributed by atoms with E-state index in [1.807, 2.05) is 26.8 Å². The van der Waals surface area contributed by atoms with Crippen molar-refractivity contribution in [1.82, 2.24) is 14.7 Å². The van der Waals surface area contributed by atoms with Gasteiger partial charge in [-0.1, -0.05) is 44.5 Å². The lowest BCUT2D eigenvalue weighted by Gasteiger charge is -2.28. The molecule has 0 spiro atoms. The number of aromatic nitrogens is 2. The highest BCUT2D eigenvalue weighted by Crippen LogP contribution is 2.31. The summed E-state index contributed by atoms with van der Waals surface area (Å²) >= 11 is 5.93. The summed E-state index contributed by atoms with van der Waals surface area (Å²) in [5.74, 6) is -1.36. The molecule has 35 heavy (non-hydrogen) atoms. The van der Waals surface area contributed by atoms with Gasteiger partial charge in [-0.25, -0.2) is 4.39 Å². The van der Waals surface area contributed by atoms with Gasteiger partial charge in [0.05, 0.1) is 47.4 Å². The minimum Gasteiger partial charge on any atom is -0.365 e. The summed E-state index contributed by atoms with van der Waals surface area (Å²) in [6, 6.07) is 11.8. The lowest BCUT2D eigenvalue weighted by atomic mass is 9.83. The summed E-state index contributed by atoms with van der Waals surface area (Å²) in [5, 5.41) is 13.9. The second-order valence-corrected chi connectivity index (χ2v) is 10.0. The highest BCUT2D eigenvalue weighted by molar-refractivity contribution is 6.31. The molecule has 0 saturated heterocycles. The number of hydrogen-bond acceptors (Lipinski definition) is 4. The highest BCUT2D eigenvalue weighted by atomic mass is 35.5. The molecular weight excluding hydrogens is 469 g/mol. The zero-order valence-corrected chi connectivity index (χ0v) is 20.5. The fraction of sp³-hybridized carbons (Fsp3) is 0.308. The molecule has 2 heterocycles. The molecule has 0 fully saturated rings. The van der Waals surface area contributed by atoms with Gasteiger partial charge in [0.25, 0.3) is 5.91 Å². The van der Waals surface area contributed by atoms with Crippen molar-refractivity contribution in [3.05, 3.63) is 75.2 Å². The molecule has 1 aromatic heterocycles. The van der Waals surface area contributed by atoms with Gasteiger partial charge >= 0.3 is 0 Å². The Balaban J connectivity index is 1.62.